The summed E-state index contributed by atoms with van der Waals surface area (Å²) in [5, 5.41) is 2.36. The van der Waals surface area contributed by atoms with Gasteiger partial charge in [-0.15, -0.1) is 0 Å². The quantitative estimate of drug-likeness (QED) is 0.641. The predicted octanol–water partition coefficient (Wildman–Crippen LogP) is 4.63. The van der Waals surface area contributed by atoms with Gasteiger partial charge in [0.15, 0.2) is 11.5 Å². The third-order valence-electron chi connectivity index (χ3n) is 4.01. The number of amides is 1. The highest BCUT2D eigenvalue weighted by atomic mass is 19.3. The number of carbonyl (C=O) groups excluding carboxylic acids is 1. The number of nitrogens with one attached hydrogen (secondary N) is 1. The molecule has 0 saturated heterocycles. The zero-order chi connectivity index (χ0) is 20.6. The number of nitrogens with zero attached hydrogens (tertiary/aromatic N) is 1. The first-order valence-electron chi connectivity index (χ1n) is 9.40. The molecule has 0 aliphatic rings. The fraction of sp³-hybridized carbons (Fsp3) is 0.429. The molecule has 0 unspecified atom stereocenters. The van der Waals surface area contributed by atoms with E-state index < -0.39 is 23.6 Å². The van der Waals surface area contributed by atoms with Crippen LogP contribution in [0.2, 0.25) is 0 Å². The molecule has 1 atom stereocenters. The van der Waals surface area contributed by atoms with Crippen molar-refractivity contribution in [2.24, 2.45) is 0 Å². The molecule has 28 heavy (non-hydrogen) atoms. The summed E-state index contributed by atoms with van der Waals surface area (Å²) in [7, 11) is 0. The summed E-state index contributed by atoms with van der Waals surface area (Å²) in [6.07, 6.45) is 2.90. The van der Waals surface area contributed by atoms with Crippen LogP contribution in [0.5, 0.6) is 11.5 Å². The van der Waals surface area contributed by atoms with E-state index in [0.29, 0.717) is 30.3 Å². The molecular formula is C21H26F2N2O3. The van der Waals surface area contributed by atoms with Crippen LogP contribution in [0.1, 0.15) is 50.9 Å². The van der Waals surface area contributed by atoms with Crippen molar-refractivity contribution < 1.29 is 23.0 Å². The molecule has 2 rings (SSSR count). The van der Waals surface area contributed by atoms with Crippen molar-refractivity contribution in [2.45, 2.75) is 45.6 Å². The summed E-state index contributed by atoms with van der Waals surface area (Å²) in [5.41, 5.74) is 0.0510. The minimum Gasteiger partial charge on any atom is -0.490 e. The van der Waals surface area contributed by atoms with Gasteiger partial charge in [0, 0.05) is 6.20 Å². The van der Waals surface area contributed by atoms with Gasteiger partial charge in [0.1, 0.15) is 5.69 Å². The van der Waals surface area contributed by atoms with Crippen molar-refractivity contribution >= 4 is 5.91 Å². The first-order chi connectivity index (χ1) is 13.4. The first kappa shape index (κ1) is 21.6. The Hall–Kier alpha value is -2.70. The maximum Gasteiger partial charge on any atom is 0.366 e. The number of hydrogen-bond acceptors (Lipinski definition) is 4. The molecule has 152 valence electrons. The minimum absolute atomic E-state index is 0.504. The van der Waals surface area contributed by atoms with Crippen LogP contribution in [0.4, 0.5) is 8.78 Å². The minimum atomic E-state index is -3.72. The fourth-order valence-corrected chi connectivity index (χ4v) is 2.49. The summed E-state index contributed by atoms with van der Waals surface area (Å²) in [6, 6.07) is 8.58. The van der Waals surface area contributed by atoms with Crippen LogP contribution >= 0.6 is 0 Å². The van der Waals surface area contributed by atoms with E-state index in [0.717, 1.165) is 18.9 Å². The smallest absolute Gasteiger partial charge is 0.366 e. The summed E-state index contributed by atoms with van der Waals surface area (Å²) in [5.74, 6) is -4.00. The number of pyridine rings is 1. The molecule has 1 aromatic carbocycles. The molecule has 5 nitrogen and oxygen atoms in total. The molecule has 1 amide bonds. The van der Waals surface area contributed by atoms with E-state index in [1.165, 1.54) is 18.3 Å². The largest absolute Gasteiger partial charge is 0.490 e. The number of hydrogen-bond donors (Lipinski definition) is 1. The molecule has 0 spiro atoms. The van der Waals surface area contributed by atoms with Gasteiger partial charge in [-0.1, -0.05) is 26.0 Å². The number of rotatable bonds is 10. The monoisotopic (exact) mass is 392 g/mol. The van der Waals surface area contributed by atoms with Crippen LogP contribution in [0.25, 0.3) is 0 Å². The molecule has 0 aliphatic heterocycles. The Balaban J connectivity index is 2.16. The number of halogens is 2. The van der Waals surface area contributed by atoms with Crippen LogP contribution in [-0.4, -0.2) is 24.1 Å². The van der Waals surface area contributed by atoms with Crippen molar-refractivity contribution in [3.63, 3.8) is 0 Å². The number of aromatic nitrogens is 1. The van der Waals surface area contributed by atoms with E-state index in [4.69, 9.17) is 9.47 Å². The van der Waals surface area contributed by atoms with Gasteiger partial charge < -0.3 is 14.8 Å². The van der Waals surface area contributed by atoms with E-state index in [-0.39, 0.29) is 0 Å². The molecule has 0 saturated carbocycles. The lowest BCUT2D eigenvalue weighted by Crippen LogP contribution is -2.39. The third kappa shape index (κ3) is 5.41. The maximum atomic E-state index is 14.4. The Morgan fingerprint density at radius 3 is 2.39 bits per heavy atom. The average Bonchev–Trinajstić information content (AvgIpc) is 2.71. The number of carbonyl (C=O) groups is 1. The van der Waals surface area contributed by atoms with E-state index in [9.17, 15) is 13.6 Å². The van der Waals surface area contributed by atoms with E-state index >= 15 is 0 Å². The van der Waals surface area contributed by atoms with Crippen LogP contribution in [0.15, 0.2) is 42.6 Å². The third-order valence-corrected chi connectivity index (χ3v) is 4.01. The Bertz CT molecular complexity index is 770. The molecule has 7 heteroatoms. The van der Waals surface area contributed by atoms with Crippen LogP contribution in [0.3, 0.4) is 0 Å². The van der Waals surface area contributed by atoms with Gasteiger partial charge in [-0.25, -0.2) is 0 Å². The summed E-state index contributed by atoms with van der Waals surface area (Å²) in [6.45, 7) is 6.67. The molecule has 0 radical (unpaired) electrons. The molecular weight excluding hydrogens is 366 g/mol. The van der Waals surface area contributed by atoms with Gasteiger partial charge >= 0.3 is 5.92 Å². The second-order valence-electron chi connectivity index (χ2n) is 6.39. The van der Waals surface area contributed by atoms with Crippen molar-refractivity contribution in [2.75, 3.05) is 13.2 Å². The predicted molar refractivity (Wildman–Crippen MR) is 103 cm³/mol. The van der Waals surface area contributed by atoms with Gasteiger partial charge in [-0.05, 0) is 49.6 Å². The maximum absolute atomic E-state index is 14.4. The van der Waals surface area contributed by atoms with Crippen molar-refractivity contribution in [1.82, 2.24) is 10.3 Å². The van der Waals surface area contributed by atoms with Crippen molar-refractivity contribution in [3.8, 4) is 11.5 Å². The molecule has 0 fully saturated rings. The Morgan fingerprint density at radius 2 is 1.79 bits per heavy atom. The molecule has 0 bridgehead atoms. The standard InChI is InChI=1S/C21H26F2N2O3/c1-4-12-27-17-10-9-16(14-18(17)28-13-5-2)15(3)25-20(26)21(22,23)19-8-6-7-11-24-19/h6-11,14-15H,4-5,12-13H2,1-3H3,(H,25,26)/t15-/m1/s1. The molecule has 1 N–H and O–H groups in total. The lowest BCUT2D eigenvalue weighted by molar-refractivity contribution is -0.148. The molecule has 2 aromatic rings. The van der Waals surface area contributed by atoms with Gasteiger partial charge in [0.2, 0.25) is 0 Å². The highest BCUT2D eigenvalue weighted by Gasteiger charge is 2.42. The SMILES string of the molecule is CCCOc1ccc([C@@H](C)NC(=O)C(F)(F)c2ccccn2)cc1OCCC. The van der Waals surface area contributed by atoms with Crippen LogP contribution in [0, 0.1) is 0 Å². The zero-order valence-corrected chi connectivity index (χ0v) is 16.4. The van der Waals surface area contributed by atoms with E-state index in [2.05, 4.69) is 10.3 Å². The molecule has 1 heterocycles. The van der Waals surface area contributed by atoms with Gasteiger partial charge in [-0.3, -0.25) is 9.78 Å². The highest BCUT2D eigenvalue weighted by Crippen LogP contribution is 2.32. The van der Waals surface area contributed by atoms with Gasteiger partial charge in [0.25, 0.3) is 5.91 Å². The number of ether oxygens (including phenoxy) is 2. The van der Waals surface area contributed by atoms with E-state index in [1.54, 1.807) is 25.1 Å². The van der Waals surface area contributed by atoms with Crippen molar-refractivity contribution in [1.29, 1.82) is 0 Å². The van der Waals surface area contributed by atoms with Crippen LogP contribution < -0.4 is 14.8 Å². The lowest BCUT2D eigenvalue weighted by atomic mass is 10.1. The van der Waals surface area contributed by atoms with Crippen molar-refractivity contribution in [3.05, 3.63) is 53.9 Å². The van der Waals surface area contributed by atoms with Gasteiger partial charge in [0.05, 0.1) is 19.3 Å². The highest BCUT2D eigenvalue weighted by molar-refractivity contribution is 5.84. The second kappa shape index (κ2) is 10.0. The Labute approximate surface area is 164 Å². The lowest BCUT2D eigenvalue weighted by Gasteiger charge is -2.21. The number of alkyl halides is 2. The summed E-state index contributed by atoms with van der Waals surface area (Å²) < 4.78 is 40.1. The van der Waals surface area contributed by atoms with Gasteiger partial charge in [-0.2, -0.15) is 8.78 Å². The fourth-order valence-electron chi connectivity index (χ4n) is 2.49. The first-order valence-corrected chi connectivity index (χ1v) is 9.40. The van der Waals surface area contributed by atoms with E-state index in [1.807, 2.05) is 13.8 Å². The molecule has 0 aliphatic carbocycles. The normalized spacial score (nSPS) is 12.3. The zero-order valence-electron chi connectivity index (χ0n) is 16.4. The summed E-state index contributed by atoms with van der Waals surface area (Å²) >= 11 is 0. The Morgan fingerprint density at radius 1 is 1.11 bits per heavy atom. The average molecular weight is 392 g/mol. The van der Waals surface area contributed by atoms with Crippen LogP contribution in [-0.2, 0) is 10.7 Å². The summed E-state index contributed by atoms with van der Waals surface area (Å²) in [4.78, 5) is 15.7. The second-order valence-corrected chi connectivity index (χ2v) is 6.39. The number of benzene rings is 1. The molecule has 1 aromatic heterocycles. The Kier molecular flexibility index (Phi) is 7.72. The topological polar surface area (TPSA) is 60.5 Å².